The van der Waals surface area contributed by atoms with E-state index in [0.29, 0.717) is 3.57 Å². The normalized spacial score (nSPS) is 11.7. The van der Waals surface area contributed by atoms with Gasteiger partial charge >= 0.3 is 0 Å². The number of benzene rings is 1. The fourth-order valence-electron chi connectivity index (χ4n) is 0.769. The average Bonchev–Trinajstić information content (AvgIpc) is 1.95. The van der Waals surface area contributed by atoms with Crippen LogP contribution in [0.25, 0.3) is 0 Å². The molecule has 0 saturated carbocycles. The highest BCUT2D eigenvalue weighted by Gasteiger charge is 2.19. The van der Waals surface area contributed by atoms with Crippen LogP contribution in [-0.4, -0.2) is 8.42 Å². The second kappa shape index (κ2) is 3.79. The van der Waals surface area contributed by atoms with Crippen LogP contribution in [0.4, 0.5) is 4.39 Å². The molecule has 0 aliphatic heterocycles. The topological polar surface area (TPSA) is 60.2 Å². The van der Waals surface area contributed by atoms with Gasteiger partial charge in [0.25, 0.3) is 0 Å². The smallest absolute Gasteiger partial charge is 0.225 e. The van der Waals surface area contributed by atoms with Crippen LogP contribution < -0.4 is 5.14 Å². The third-order valence-electron chi connectivity index (χ3n) is 1.29. The maximum Gasteiger partial charge on any atom is 0.240 e. The lowest BCUT2D eigenvalue weighted by Gasteiger charge is -2.04. The van der Waals surface area contributed by atoms with E-state index in [9.17, 15) is 12.8 Å². The summed E-state index contributed by atoms with van der Waals surface area (Å²) in [6.07, 6.45) is 0. The Kier molecular flexibility index (Phi) is 3.31. The Morgan fingerprint density at radius 2 is 2.00 bits per heavy atom. The number of nitrogens with two attached hydrogens (primary N) is 1. The molecule has 1 aromatic rings. The van der Waals surface area contributed by atoms with Crippen LogP contribution in [0.15, 0.2) is 21.5 Å². The molecular weight excluding hydrogens is 376 g/mol. The van der Waals surface area contributed by atoms with Crippen molar-refractivity contribution in [1.82, 2.24) is 0 Å². The van der Waals surface area contributed by atoms with Gasteiger partial charge < -0.3 is 0 Å². The molecule has 0 aliphatic carbocycles. The first kappa shape index (κ1) is 11.3. The van der Waals surface area contributed by atoms with Gasteiger partial charge in [0.2, 0.25) is 10.0 Å². The van der Waals surface area contributed by atoms with Gasteiger partial charge in [-0.15, -0.1) is 0 Å². The van der Waals surface area contributed by atoms with Crippen molar-refractivity contribution >= 4 is 48.5 Å². The van der Waals surface area contributed by atoms with Gasteiger partial charge in [0.1, 0.15) is 10.7 Å². The third kappa shape index (κ3) is 2.39. The van der Waals surface area contributed by atoms with Crippen molar-refractivity contribution in [3.63, 3.8) is 0 Å². The first-order chi connectivity index (χ1) is 5.84. The first-order valence-electron chi connectivity index (χ1n) is 3.00. The van der Waals surface area contributed by atoms with E-state index in [2.05, 4.69) is 15.9 Å². The molecule has 13 heavy (non-hydrogen) atoms. The summed E-state index contributed by atoms with van der Waals surface area (Å²) in [7, 11) is -3.88. The van der Waals surface area contributed by atoms with Gasteiger partial charge in [-0.1, -0.05) is 0 Å². The summed E-state index contributed by atoms with van der Waals surface area (Å²) in [5.41, 5.74) is 0. The number of sulfonamides is 1. The minimum atomic E-state index is -3.88. The second-order valence-corrected chi connectivity index (χ2v) is 5.67. The Labute approximate surface area is 96.8 Å². The number of hydrogen-bond donors (Lipinski definition) is 1. The molecule has 1 rings (SSSR count). The number of rotatable bonds is 1. The molecule has 0 amide bonds. The molecular formula is C6H4BrFINO2S. The Morgan fingerprint density at radius 1 is 1.46 bits per heavy atom. The molecule has 0 aromatic heterocycles. The highest BCUT2D eigenvalue weighted by molar-refractivity contribution is 14.1. The average molecular weight is 380 g/mol. The van der Waals surface area contributed by atoms with Gasteiger partial charge in [-0.05, 0) is 50.7 Å². The number of primary sulfonamides is 1. The predicted octanol–water partition coefficient (Wildman–Crippen LogP) is 1.84. The maximum atomic E-state index is 12.9. The summed E-state index contributed by atoms with van der Waals surface area (Å²) in [4.78, 5) is -0.215. The summed E-state index contributed by atoms with van der Waals surface area (Å²) in [5, 5.41) is 4.90. The zero-order valence-electron chi connectivity index (χ0n) is 6.09. The van der Waals surface area contributed by atoms with Crippen LogP contribution in [0.1, 0.15) is 0 Å². The fourth-order valence-corrected chi connectivity index (χ4v) is 4.22. The van der Waals surface area contributed by atoms with Crippen LogP contribution in [0.2, 0.25) is 0 Å². The minimum absolute atomic E-state index is 0.123. The van der Waals surface area contributed by atoms with Crippen LogP contribution in [-0.2, 0) is 10.0 Å². The molecule has 0 radical (unpaired) electrons. The quantitative estimate of drug-likeness (QED) is 0.597. The zero-order valence-corrected chi connectivity index (χ0v) is 10.7. The van der Waals surface area contributed by atoms with Crippen molar-refractivity contribution < 1.29 is 12.8 Å². The summed E-state index contributed by atoms with van der Waals surface area (Å²) in [6, 6.07) is 2.51. The second-order valence-electron chi connectivity index (χ2n) is 2.22. The van der Waals surface area contributed by atoms with E-state index in [-0.39, 0.29) is 9.37 Å². The Hall–Kier alpha value is 0.270. The molecule has 7 heteroatoms. The number of halogens is 3. The monoisotopic (exact) mass is 379 g/mol. The van der Waals surface area contributed by atoms with Gasteiger partial charge in [-0.25, -0.2) is 17.9 Å². The molecule has 0 atom stereocenters. The first-order valence-corrected chi connectivity index (χ1v) is 6.42. The molecule has 0 heterocycles. The number of hydrogen-bond acceptors (Lipinski definition) is 2. The van der Waals surface area contributed by atoms with Gasteiger partial charge in [-0.3, -0.25) is 0 Å². The molecule has 72 valence electrons. The lowest BCUT2D eigenvalue weighted by molar-refractivity contribution is 0.588. The summed E-state index contributed by atoms with van der Waals surface area (Å²) in [5.74, 6) is -0.649. The highest BCUT2D eigenvalue weighted by Crippen LogP contribution is 2.28. The third-order valence-corrected chi connectivity index (χ3v) is 4.58. The summed E-state index contributed by atoms with van der Waals surface area (Å²) in [6.45, 7) is 0. The molecule has 0 fully saturated rings. The van der Waals surface area contributed by atoms with Crippen molar-refractivity contribution in [2.75, 3.05) is 0 Å². The van der Waals surface area contributed by atoms with Crippen molar-refractivity contribution in [1.29, 1.82) is 0 Å². The van der Waals surface area contributed by atoms with Crippen molar-refractivity contribution in [3.05, 3.63) is 26.0 Å². The van der Waals surface area contributed by atoms with E-state index in [1.165, 1.54) is 12.1 Å². The molecule has 2 N–H and O–H groups in total. The van der Waals surface area contributed by atoms with Crippen LogP contribution in [0.3, 0.4) is 0 Å². The standard InChI is InChI=1S/C6H4BrFINO2S/c7-5-3(8)1-2-4(9)6(5)13(10,11)12/h1-2H,(H2,10,11,12). The van der Waals surface area contributed by atoms with Crippen molar-refractivity contribution in [3.8, 4) is 0 Å². The van der Waals surface area contributed by atoms with E-state index in [1.807, 2.05) is 0 Å². The molecule has 3 nitrogen and oxygen atoms in total. The van der Waals surface area contributed by atoms with E-state index >= 15 is 0 Å². The van der Waals surface area contributed by atoms with Crippen LogP contribution in [0, 0.1) is 9.39 Å². The molecule has 0 unspecified atom stereocenters. The Balaban J connectivity index is 3.62. The Bertz CT molecular complexity index is 448. The fraction of sp³-hybridized carbons (Fsp3) is 0. The van der Waals surface area contributed by atoms with Crippen molar-refractivity contribution in [2.45, 2.75) is 4.90 Å². The summed E-state index contributed by atoms with van der Waals surface area (Å²) < 4.78 is 35.2. The van der Waals surface area contributed by atoms with Crippen molar-refractivity contribution in [2.24, 2.45) is 5.14 Å². The molecule has 1 aromatic carbocycles. The van der Waals surface area contributed by atoms with Gasteiger partial charge in [0.05, 0.1) is 4.47 Å². The summed E-state index contributed by atoms with van der Waals surface area (Å²) >= 11 is 4.60. The molecule has 0 saturated heterocycles. The molecule has 0 aliphatic rings. The highest BCUT2D eigenvalue weighted by atomic mass is 127. The van der Waals surface area contributed by atoms with Gasteiger partial charge in [0.15, 0.2) is 0 Å². The van der Waals surface area contributed by atoms with E-state index < -0.39 is 15.8 Å². The van der Waals surface area contributed by atoms with Gasteiger partial charge in [0, 0.05) is 3.57 Å². The SMILES string of the molecule is NS(=O)(=O)c1c(I)ccc(F)c1Br. The predicted molar refractivity (Wildman–Crippen MR) is 58.2 cm³/mol. The maximum absolute atomic E-state index is 12.9. The van der Waals surface area contributed by atoms with Crippen LogP contribution >= 0.6 is 38.5 Å². The van der Waals surface area contributed by atoms with E-state index in [0.717, 1.165) is 0 Å². The Morgan fingerprint density at radius 3 is 2.38 bits per heavy atom. The largest absolute Gasteiger partial charge is 0.240 e. The van der Waals surface area contributed by atoms with E-state index in [4.69, 9.17) is 5.14 Å². The van der Waals surface area contributed by atoms with Gasteiger partial charge in [-0.2, -0.15) is 0 Å². The van der Waals surface area contributed by atoms with Crippen LogP contribution in [0.5, 0.6) is 0 Å². The minimum Gasteiger partial charge on any atom is -0.225 e. The lowest BCUT2D eigenvalue weighted by atomic mass is 10.3. The molecule has 0 spiro atoms. The van der Waals surface area contributed by atoms with E-state index in [1.54, 1.807) is 22.6 Å². The molecule has 0 bridgehead atoms. The lowest BCUT2D eigenvalue weighted by Crippen LogP contribution is -2.15. The zero-order chi connectivity index (χ0) is 10.2.